The van der Waals surface area contributed by atoms with Crippen LogP contribution in [-0.4, -0.2) is 91.7 Å². The Balaban J connectivity index is 1.61. The fraction of sp³-hybridized carbons (Fsp3) is 0.562. The molecule has 2 aromatic carbocycles. The van der Waals surface area contributed by atoms with Gasteiger partial charge in [-0.05, 0) is 61.4 Å². The predicted molar refractivity (Wildman–Crippen MR) is 157 cm³/mol. The zero-order valence-corrected chi connectivity index (χ0v) is 24.9. The minimum atomic E-state index is -0.892. The number of carboxylic acid groups (broad SMARTS) is 1. The van der Waals surface area contributed by atoms with Crippen LogP contribution in [0.3, 0.4) is 0 Å². The molecule has 10 nitrogen and oxygen atoms in total. The molecular formula is C32H44N2O8. The molecule has 2 aliphatic rings. The number of unbranched alkanes of at least 4 members (excludes halogenated alkanes) is 1. The molecule has 42 heavy (non-hydrogen) atoms. The molecule has 4 rings (SSSR count). The molecule has 10 heteroatoms. The van der Waals surface area contributed by atoms with E-state index in [-0.39, 0.29) is 37.8 Å². The third kappa shape index (κ3) is 7.28. The van der Waals surface area contributed by atoms with Gasteiger partial charge in [0, 0.05) is 38.2 Å². The van der Waals surface area contributed by atoms with Crippen LogP contribution < -0.4 is 18.9 Å². The first-order chi connectivity index (χ1) is 20.4. The Morgan fingerprint density at radius 2 is 1.81 bits per heavy atom. The van der Waals surface area contributed by atoms with E-state index >= 15 is 0 Å². The van der Waals surface area contributed by atoms with E-state index in [1.807, 2.05) is 41.3 Å². The summed E-state index contributed by atoms with van der Waals surface area (Å²) in [6.07, 6.45) is 4.41. The van der Waals surface area contributed by atoms with Gasteiger partial charge >= 0.3 is 5.97 Å². The number of ether oxygens (including phenoxy) is 4. The second-order valence-electron chi connectivity index (χ2n) is 10.9. The number of carbonyl (C=O) groups is 2. The third-order valence-electron chi connectivity index (χ3n) is 8.34. The van der Waals surface area contributed by atoms with Crippen LogP contribution in [0.2, 0.25) is 0 Å². The van der Waals surface area contributed by atoms with Crippen LogP contribution >= 0.6 is 0 Å². The smallest absolute Gasteiger partial charge is 0.308 e. The summed E-state index contributed by atoms with van der Waals surface area (Å²) in [5.74, 6) is 0.315. The van der Waals surface area contributed by atoms with Gasteiger partial charge in [-0.2, -0.15) is 0 Å². The molecule has 0 spiro atoms. The minimum absolute atomic E-state index is 0.0142. The van der Waals surface area contributed by atoms with Crippen LogP contribution in [0.4, 0.5) is 0 Å². The van der Waals surface area contributed by atoms with Gasteiger partial charge in [0.1, 0.15) is 5.75 Å². The van der Waals surface area contributed by atoms with Gasteiger partial charge in [-0.25, -0.2) is 0 Å². The van der Waals surface area contributed by atoms with Gasteiger partial charge in [0.25, 0.3) is 0 Å². The summed E-state index contributed by atoms with van der Waals surface area (Å²) in [6.45, 7) is 3.80. The molecule has 2 N–H and O–H groups in total. The minimum Gasteiger partial charge on any atom is -0.496 e. The van der Waals surface area contributed by atoms with Crippen LogP contribution in [0, 0.1) is 5.92 Å². The maximum absolute atomic E-state index is 13.6. The first-order valence-electron chi connectivity index (χ1n) is 14.9. The van der Waals surface area contributed by atoms with Crippen LogP contribution in [0.15, 0.2) is 36.4 Å². The van der Waals surface area contributed by atoms with Gasteiger partial charge in [-0.3, -0.25) is 14.5 Å². The lowest BCUT2D eigenvalue weighted by Gasteiger charge is -2.30. The van der Waals surface area contributed by atoms with E-state index in [1.165, 1.54) is 0 Å². The van der Waals surface area contributed by atoms with Crippen molar-refractivity contribution < 1.29 is 38.7 Å². The molecule has 2 heterocycles. The standard InChI is InChI=1S/C32H44N2O8/c1-4-5-14-33(15-9-16-35)29(36)20-34-19-24(23-17-27(40-3)31-28(18-23)41-21-42-31)30(32(37)38)25(34)12-8-11-22-10-6-7-13-26(22)39-2/h6-7,10,13,17-18,24-25,30,35H,4-5,8-9,11-12,14-16,19-21H2,1-3H3,(H,37,38)/t24-,25+,30-/m1/s1. The highest BCUT2D eigenvalue weighted by molar-refractivity contribution is 5.79. The number of nitrogens with zero attached hydrogens (tertiary/aromatic N) is 2. The van der Waals surface area contributed by atoms with E-state index in [4.69, 9.17) is 18.9 Å². The molecule has 0 unspecified atom stereocenters. The van der Waals surface area contributed by atoms with Gasteiger partial charge < -0.3 is 34.1 Å². The maximum atomic E-state index is 13.6. The topological polar surface area (TPSA) is 118 Å². The first kappa shape index (κ1) is 31.4. The number of amides is 1. The highest BCUT2D eigenvalue weighted by Crippen LogP contribution is 2.47. The van der Waals surface area contributed by atoms with Gasteiger partial charge in [0.2, 0.25) is 18.4 Å². The van der Waals surface area contributed by atoms with Crippen LogP contribution in [0.25, 0.3) is 0 Å². The third-order valence-corrected chi connectivity index (χ3v) is 8.34. The monoisotopic (exact) mass is 584 g/mol. The maximum Gasteiger partial charge on any atom is 0.308 e. The van der Waals surface area contributed by atoms with Crippen molar-refractivity contribution in [1.82, 2.24) is 9.80 Å². The van der Waals surface area contributed by atoms with Crippen LogP contribution in [-0.2, 0) is 16.0 Å². The van der Waals surface area contributed by atoms with Crippen LogP contribution in [0.1, 0.15) is 56.1 Å². The number of para-hydroxylation sites is 1. The lowest BCUT2D eigenvalue weighted by molar-refractivity contribution is -0.144. The number of aliphatic hydroxyl groups is 1. The van der Waals surface area contributed by atoms with E-state index in [2.05, 4.69) is 6.92 Å². The van der Waals surface area contributed by atoms with E-state index in [9.17, 15) is 19.8 Å². The number of aliphatic carboxylic acids is 1. The van der Waals surface area contributed by atoms with Gasteiger partial charge in [0.15, 0.2) is 11.5 Å². The summed E-state index contributed by atoms with van der Waals surface area (Å²) in [4.78, 5) is 30.3. The fourth-order valence-electron chi connectivity index (χ4n) is 6.21. The highest BCUT2D eigenvalue weighted by atomic mass is 16.7. The number of benzene rings is 2. The van der Waals surface area contributed by atoms with E-state index in [1.54, 1.807) is 19.1 Å². The highest BCUT2D eigenvalue weighted by Gasteiger charge is 2.47. The summed E-state index contributed by atoms with van der Waals surface area (Å²) >= 11 is 0. The number of aryl methyl sites for hydroxylation is 1. The molecule has 0 radical (unpaired) electrons. The Morgan fingerprint density at radius 1 is 1.05 bits per heavy atom. The number of fused-ring (bicyclic) bond motifs is 1. The van der Waals surface area contributed by atoms with E-state index in [0.717, 1.165) is 42.6 Å². The molecular weight excluding hydrogens is 540 g/mol. The number of aliphatic hydroxyl groups excluding tert-OH is 1. The van der Waals surface area contributed by atoms with E-state index in [0.29, 0.717) is 49.7 Å². The summed E-state index contributed by atoms with van der Waals surface area (Å²) in [5.41, 5.74) is 1.86. The Bertz CT molecular complexity index is 1200. The quantitative estimate of drug-likeness (QED) is 0.303. The molecule has 2 aliphatic heterocycles. The van der Waals surface area contributed by atoms with Crippen molar-refractivity contribution in [2.24, 2.45) is 5.92 Å². The molecule has 1 fully saturated rings. The number of methoxy groups -OCH3 is 2. The van der Waals surface area contributed by atoms with Crippen molar-refractivity contribution in [3.63, 3.8) is 0 Å². The normalized spacial score (nSPS) is 19.6. The number of hydrogen-bond donors (Lipinski definition) is 2. The number of likely N-dealkylation sites (tertiary alicyclic amines) is 1. The number of carboxylic acids is 1. The van der Waals surface area contributed by atoms with Crippen molar-refractivity contribution in [1.29, 1.82) is 0 Å². The SMILES string of the molecule is CCCCN(CCCO)C(=O)CN1C[C@H](c2cc(OC)c3c(c2)OCO3)[C@@H](C(=O)O)[C@@H]1CCCc1ccccc1OC. The lowest BCUT2D eigenvalue weighted by Crippen LogP contribution is -2.44. The number of hydrogen-bond acceptors (Lipinski definition) is 8. The molecule has 0 aromatic heterocycles. The summed E-state index contributed by atoms with van der Waals surface area (Å²) in [7, 11) is 3.20. The zero-order chi connectivity index (χ0) is 30.1. The number of carbonyl (C=O) groups excluding carboxylic acids is 1. The predicted octanol–water partition coefficient (Wildman–Crippen LogP) is 3.94. The average Bonchev–Trinajstić information content (AvgIpc) is 3.62. The molecule has 0 aliphatic carbocycles. The average molecular weight is 585 g/mol. The summed E-state index contributed by atoms with van der Waals surface area (Å²) < 4.78 is 22.3. The van der Waals surface area contributed by atoms with Crippen molar-refractivity contribution in [3.05, 3.63) is 47.5 Å². The molecule has 3 atom stereocenters. The largest absolute Gasteiger partial charge is 0.496 e. The zero-order valence-electron chi connectivity index (χ0n) is 24.9. The van der Waals surface area contributed by atoms with Crippen molar-refractivity contribution >= 4 is 11.9 Å². The molecule has 1 saturated heterocycles. The van der Waals surface area contributed by atoms with Crippen molar-refractivity contribution in [2.75, 3.05) is 53.8 Å². The Morgan fingerprint density at radius 3 is 2.52 bits per heavy atom. The summed E-state index contributed by atoms with van der Waals surface area (Å²) in [5, 5.41) is 20.0. The van der Waals surface area contributed by atoms with Crippen molar-refractivity contribution in [3.8, 4) is 23.0 Å². The van der Waals surface area contributed by atoms with Crippen LogP contribution in [0.5, 0.6) is 23.0 Å². The van der Waals surface area contributed by atoms with E-state index < -0.39 is 11.9 Å². The van der Waals surface area contributed by atoms with Crippen molar-refractivity contribution in [2.45, 2.75) is 57.4 Å². The molecule has 2 aromatic rings. The first-order valence-corrected chi connectivity index (χ1v) is 14.9. The summed E-state index contributed by atoms with van der Waals surface area (Å²) in [6, 6.07) is 11.2. The molecule has 230 valence electrons. The Hall–Kier alpha value is -3.50. The Kier molecular flexibility index (Phi) is 11.3. The number of rotatable bonds is 16. The second-order valence-corrected chi connectivity index (χ2v) is 10.9. The molecule has 0 bridgehead atoms. The second kappa shape index (κ2) is 15.1. The van der Waals surface area contributed by atoms with Gasteiger partial charge in [-0.15, -0.1) is 0 Å². The van der Waals surface area contributed by atoms with Gasteiger partial charge in [-0.1, -0.05) is 31.5 Å². The molecule has 0 saturated carbocycles. The Labute approximate surface area is 248 Å². The fourth-order valence-corrected chi connectivity index (χ4v) is 6.21. The van der Waals surface area contributed by atoms with Gasteiger partial charge in [0.05, 0.1) is 26.7 Å². The molecule has 1 amide bonds. The lowest BCUT2D eigenvalue weighted by atomic mass is 9.83.